The molecule has 4 nitrogen and oxygen atoms in total. The number of Topliss-reactive ketones (excluding diaryl/α,β-unsaturated/α-hetero) is 1. The van der Waals surface area contributed by atoms with E-state index in [2.05, 4.69) is 53.3 Å². The van der Waals surface area contributed by atoms with Gasteiger partial charge in [-0.15, -0.1) is 11.8 Å². The first-order valence-corrected chi connectivity index (χ1v) is 12.6. The van der Waals surface area contributed by atoms with Crippen LogP contribution in [0.2, 0.25) is 0 Å². The maximum atomic E-state index is 12.7. The first kappa shape index (κ1) is 22.5. The Morgan fingerprint density at radius 3 is 2.56 bits per heavy atom. The van der Waals surface area contributed by atoms with Gasteiger partial charge in [-0.05, 0) is 56.5 Å². The van der Waals surface area contributed by atoms with Crippen molar-refractivity contribution >= 4 is 17.5 Å². The number of nitrogens with one attached hydrogen (secondary N) is 1. The highest BCUT2D eigenvalue weighted by Gasteiger charge is 2.35. The third-order valence-electron chi connectivity index (χ3n) is 6.51. The fourth-order valence-corrected chi connectivity index (χ4v) is 5.52. The van der Waals surface area contributed by atoms with Crippen LogP contribution in [0.25, 0.3) is 0 Å². The van der Waals surface area contributed by atoms with Crippen LogP contribution in [0.3, 0.4) is 0 Å². The van der Waals surface area contributed by atoms with Crippen LogP contribution in [-0.2, 0) is 17.8 Å². The Hall–Kier alpha value is -3.31. The molecule has 34 heavy (non-hydrogen) atoms. The molecule has 172 valence electrons. The number of ether oxygens (including phenoxy) is 1. The number of nitrogens with zero attached hydrogens (tertiary/aromatic N) is 1. The van der Waals surface area contributed by atoms with Gasteiger partial charge in [-0.25, -0.2) is 4.98 Å². The molecule has 5 rings (SSSR count). The van der Waals surface area contributed by atoms with Crippen LogP contribution in [-0.4, -0.2) is 15.8 Å². The molecular weight excluding hydrogens is 440 g/mol. The molecule has 0 unspecified atom stereocenters. The van der Waals surface area contributed by atoms with E-state index in [0.717, 1.165) is 52.4 Å². The van der Waals surface area contributed by atoms with Gasteiger partial charge < -0.3 is 9.72 Å². The largest absolute Gasteiger partial charge is 0.475 e. The fraction of sp³-hybridized carbons (Fsp3) is 0.241. The van der Waals surface area contributed by atoms with E-state index < -0.39 is 5.60 Å². The lowest BCUT2D eigenvalue weighted by Crippen LogP contribution is -2.33. The van der Waals surface area contributed by atoms with Gasteiger partial charge in [0, 0.05) is 46.2 Å². The fourth-order valence-electron chi connectivity index (χ4n) is 4.57. The summed E-state index contributed by atoms with van der Waals surface area (Å²) in [6.07, 6.45) is 5.96. The van der Waals surface area contributed by atoms with Crippen LogP contribution in [0.1, 0.15) is 58.2 Å². The number of thioether (sulfide) groups is 1. The number of H-pyrrole nitrogens is 1. The smallest absolute Gasteiger partial charge is 0.188 e. The van der Waals surface area contributed by atoms with Gasteiger partial charge in [-0.1, -0.05) is 48.0 Å². The van der Waals surface area contributed by atoms with E-state index >= 15 is 0 Å². The number of hydrogen-bond donors (Lipinski definition) is 1. The molecule has 1 heterocycles. The second-order valence-electron chi connectivity index (χ2n) is 8.89. The van der Waals surface area contributed by atoms with E-state index in [0.29, 0.717) is 6.42 Å². The molecule has 4 aromatic rings. The number of benzene rings is 3. The number of imidazole rings is 1. The number of ketones is 1. The summed E-state index contributed by atoms with van der Waals surface area (Å²) in [5.41, 5.74) is 4.52. The van der Waals surface area contributed by atoms with Gasteiger partial charge in [0.15, 0.2) is 17.2 Å². The molecule has 0 saturated heterocycles. The first-order valence-electron chi connectivity index (χ1n) is 11.7. The Morgan fingerprint density at radius 2 is 1.82 bits per heavy atom. The van der Waals surface area contributed by atoms with Crippen molar-refractivity contribution in [3.8, 4) is 5.75 Å². The van der Waals surface area contributed by atoms with Crippen LogP contribution >= 0.6 is 11.8 Å². The highest BCUT2D eigenvalue weighted by Crippen LogP contribution is 2.40. The van der Waals surface area contributed by atoms with Gasteiger partial charge in [0.2, 0.25) is 0 Å². The van der Waals surface area contributed by atoms with Gasteiger partial charge in [-0.3, -0.25) is 4.79 Å². The van der Waals surface area contributed by atoms with E-state index in [1.807, 2.05) is 43.5 Å². The lowest BCUT2D eigenvalue weighted by atomic mass is 9.87. The molecule has 1 aliphatic rings. The highest BCUT2D eigenvalue weighted by atomic mass is 32.2. The molecule has 5 heteroatoms. The first-order chi connectivity index (χ1) is 16.5. The van der Waals surface area contributed by atoms with Crippen LogP contribution in [0.5, 0.6) is 5.75 Å². The number of rotatable bonds is 7. The third kappa shape index (κ3) is 4.40. The van der Waals surface area contributed by atoms with E-state index in [4.69, 9.17) is 4.74 Å². The minimum absolute atomic E-state index is 0.228. The zero-order valence-electron chi connectivity index (χ0n) is 19.5. The average molecular weight is 469 g/mol. The minimum atomic E-state index is -0.805. The second-order valence-corrected chi connectivity index (χ2v) is 9.93. The van der Waals surface area contributed by atoms with Crippen molar-refractivity contribution in [2.45, 2.75) is 49.4 Å². The SMILES string of the molecule is Cc1ccc(SCc2c(O[C@@](C)(c3ccccc3)c3ncc[nH]3)ccc3c2CCCC3=O)cc1. The molecule has 1 aliphatic carbocycles. The van der Waals surface area contributed by atoms with Gasteiger partial charge in [0.1, 0.15) is 5.75 Å². The standard InChI is InChI=1S/C29H28N2O2S/c1-20-11-13-22(14-12-20)34-19-25-23-9-6-10-26(32)24(23)15-16-27(25)33-29(2,28-30-17-18-31-28)21-7-4-3-5-8-21/h3-5,7-8,11-18H,6,9-10,19H2,1-2H3,(H,30,31)/t29-/m0/s1. The molecule has 0 radical (unpaired) electrons. The van der Waals surface area contributed by atoms with Crippen molar-refractivity contribution in [3.05, 3.63) is 113 Å². The second kappa shape index (κ2) is 9.51. The van der Waals surface area contributed by atoms with Crippen molar-refractivity contribution in [2.75, 3.05) is 0 Å². The number of aryl methyl sites for hydroxylation is 1. The van der Waals surface area contributed by atoms with Gasteiger partial charge in [-0.2, -0.15) is 0 Å². The molecule has 0 amide bonds. The number of aromatic nitrogens is 2. The molecule has 1 aromatic heterocycles. The summed E-state index contributed by atoms with van der Waals surface area (Å²) in [6.45, 7) is 4.14. The van der Waals surface area contributed by atoms with E-state index in [1.165, 1.54) is 10.5 Å². The van der Waals surface area contributed by atoms with Crippen LogP contribution in [0.15, 0.2) is 84.0 Å². The Bertz CT molecular complexity index is 1280. The molecule has 0 fully saturated rings. The lowest BCUT2D eigenvalue weighted by molar-refractivity contribution is 0.0971. The topological polar surface area (TPSA) is 55.0 Å². The quantitative estimate of drug-likeness (QED) is 0.301. The summed E-state index contributed by atoms with van der Waals surface area (Å²) in [5, 5.41) is 0. The summed E-state index contributed by atoms with van der Waals surface area (Å²) in [4.78, 5) is 21.7. The van der Waals surface area contributed by atoms with E-state index in [9.17, 15) is 4.79 Å². The van der Waals surface area contributed by atoms with E-state index in [-0.39, 0.29) is 5.78 Å². The Kier molecular flexibility index (Phi) is 6.29. The molecule has 0 aliphatic heterocycles. The van der Waals surface area contributed by atoms with Gasteiger partial charge in [0.25, 0.3) is 0 Å². The summed E-state index contributed by atoms with van der Waals surface area (Å²) in [7, 11) is 0. The van der Waals surface area contributed by atoms with Crippen LogP contribution in [0, 0.1) is 6.92 Å². The molecule has 1 atom stereocenters. The summed E-state index contributed by atoms with van der Waals surface area (Å²) in [5.74, 6) is 2.50. The number of carbonyl (C=O) groups is 1. The predicted molar refractivity (Wildman–Crippen MR) is 137 cm³/mol. The molecular formula is C29H28N2O2S. The number of aromatic amines is 1. The van der Waals surface area contributed by atoms with Crippen molar-refractivity contribution in [1.82, 2.24) is 9.97 Å². The Morgan fingerprint density at radius 1 is 1.03 bits per heavy atom. The summed E-state index contributed by atoms with van der Waals surface area (Å²) < 4.78 is 6.85. The zero-order chi connectivity index (χ0) is 23.5. The predicted octanol–water partition coefficient (Wildman–Crippen LogP) is 6.87. The minimum Gasteiger partial charge on any atom is -0.475 e. The molecule has 0 spiro atoms. The van der Waals surface area contributed by atoms with Crippen LogP contribution < -0.4 is 4.74 Å². The molecule has 3 aromatic carbocycles. The zero-order valence-corrected chi connectivity index (χ0v) is 20.3. The Balaban J connectivity index is 1.57. The van der Waals surface area contributed by atoms with Crippen molar-refractivity contribution in [2.24, 2.45) is 0 Å². The summed E-state index contributed by atoms with van der Waals surface area (Å²) >= 11 is 1.77. The molecule has 1 N–H and O–H groups in total. The van der Waals surface area contributed by atoms with Crippen molar-refractivity contribution in [3.63, 3.8) is 0 Å². The van der Waals surface area contributed by atoms with Crippen LogP contribution in [0.4, 0.5) is 0 Å². The number of fused-ring (bicyclic) bond motifs is 1. The van der Waals surface area contributed by atoms with Crippen molar-refractivity contribution < 1.29 is 9.53 Å². The monoisotopic (exact) mass is 468 g/mol. The number of hydrogen-bond acceptors (Lipinski definition) is 4. The third-order valence-corrected chi connectivity index (χ3v) is 7.55. The normalized spacial score (nSPS) is 14.9. The van der Waals surface area contributed by atoms with E-state index in [1.54, 1.807) is 18.0 Å². The Labute approximate surface area is 204 Å². The van der Waals surface area contributed by atoms with Crippen molar-refractivity contribution in [1.29, 1.82) is 0 Å². The number of carbonyl (C=O) groups excluding carboxylic acids is 1. The molecule has 0 saturated carbocycles. The van der Waals surface area contributed by atoms with Gasteiger partial charge >= 0.3 is 0 Å². The summed E-state index contributed by atoms with van der Waals surface area (Å²) in [6, 6.07) is 22.6. The maximum absolute atomic E-state index is 12.7. The average Bonchev–Trinajstić information content (AvgIpc) is 3.41. The maximum Gasteiger partial charge on any atom is 0.188 e. The molecule has 0 bridgehead atoms. The lowest BCUT2D eigenvalue weighted by Gasteiger charge is -2.32. The highest BCUT2D eigenvalue weighted by molar-refractivity contribution is 7.98. The van der Waals surface area contributed by atoms with Gasteiger partial charge in [0.05, 0.1) is 0 Å².